The summed E-state index contributed by atoms with van der Waals surface area (Å²) in [5.41, 5.74) is 0.839. The van der Waals surface area contributed by atoms with Crippen molar-refractivity contribution in [1.82, 2.24) is 5.32 Å². The Hall–Kier alpha value is -0.750. The topological polar surface area (TPSA) is 50.4 Å². The minimum absolute atomic E-state index is 0. The van der Waals surface area contributed by atoms with Gasteiger partial charge in [0.1, 0.15) is 6.04 Å². The molecule has 1 aromatic rings. The van der Waals surface area contributed by atoms with Crippen molar-refractivity contribution in [3.63, 3.8) is 0 Å². The number of hydrogen-bond donors (Lipinski definition) is 2. The van der Waals surface area contributed by atoms with Crippen LogP contribution in [0.1, 0.15) is 6.92 Å². The number of anilines is 1. The molecule has 0 aliphatic carbocycles. The first kappa shape index (κ1) is 16.3. The lowest BCUT2D eigenvalue weighted by Crippen LogP contribution is -2.48. The number of hydrogen-bond acceptors (Lipinski definition) is 4. The highest BCUT2D eigenvalue weighted by atomic mass is 35.5. The molecule has 2 rings (SSSR count). The van der Waals surface area contributed by atoms with E-state index < -0.39 is 0 Å². The number of morpholine rings is 1. The number of carbonyl (C=O) groups is 1. The van der Waals surface area contributed by atoms with E-state index in [2.05, 4.69) is 17.6 Å². The van der Waals surface area contributed by atoms with Gasteiger partial charge in [-0.05, 0) is 24.0 Å². The summed E-state index contributed by atoms with van der Waals surface area (Å²) in [4.78, 5) is 13.1. The van der Waals surface area contributed by atoms with Crippen molar-refractivity contribution in [2.45, 2.75) is 17.9 Å². The molecule has 4 nitrogen and oxygen atoms in total. The van der Waals surface area contributed by atoms with E-state index in [0.717, 1.165) is 18.0 Å². The van der Waals surface area contributed by atoms with E-state index in [1.165, 1.54) is 4.90 Å². The van der Waals surface area contributed by atoms with E-state index in [4.69, 9.17) is 4.74 Å². The molecule has 1 amide bonds. The highest BCUT2D eigenvalue weighted by Crippen LogP contribution is 2.21. The highest BCUT2D eigenvalue weighted by Gasteiger charge is 2.20. The third kappa shape index (κ3) is 5.03. The molecule has 1 heterocycles. The predicted molar refractivity (Wildman–Crippen MR) is 81.3 cm³/mol. The predicted octanol–water partition coefficient (Wildman–Crippen LogP) is 2.15. The van der Waals surface area contributed by atoms with Crippen LogP contribution >= 0.6 is 24.2 Å². The van der Waals surface area contributed by atoms with Gasteiger partial charge in [-0.2, -0.15) is 0 Å². The van der Waals surface area contributed by atoms with Gasteiger partial charge in [-0.1, -0.05) is 13.0 Å². The molecule has 19 heavy (non-hydrogen) atoms. The SMILES string of the molecule is CCSc1cccc(NC(=O)C2COCCN2)c1.Cl. The van der Waals surface area contributed by atoms with Gasteiger partial charge in [0.05, 0.1) is 13.2 Å². The summed E-state index contributed by atoms with van der Waals surface area (Å²) >= 11 is 1.76. The fourth-order valence-corrected chi connectivity index (χ4v) is 2.51. The molecule has 106 valence electrons. The van der Waals surface area contributed by atoms with Gasteiger partial charge in [0.15, 0.2) is 0 Å². The molecule has 0 bridgehead atoms. The average Bonchev–Trinajstić information content (AvgIpc) is 2.40. The summed E-state index contributed by atoms with van der Waals surface area (Å²) in [7, 11) is 0. The van der Waals surface area contributed by atoms with Gasteiger partial charge in [-0.3, -0.25) is 4.79 Å². The second-order valence-electron chi connectivity index (χ2n) is 4.03. The highest BCUT2D eigenvalue weighted by molar-refractivity contribution is 7.99. The van der Waals surface area contributed by atoms with E-state index in [9.17, 15) is 4.79 Å². The summed E-state index contributed by atoms with van der Waals surface area (Å²) in [6.45, 7) is 3.95. The Bertz CT molecular complexity index is 411. The Balaban J connectivity index is 0.00000180. The van der Waals surface area contributed by atoms with Crippen LogP contribution in [0.15, 0.2) is 29.2 Å². The molecule has 0 radical (unpaired) electrons. The number of nitrogens with one attached hydrogen (secondary N) is 2. The second-order valence-corrected chi connectivity index (χ2v) is 5.37. The summed E-state index contributed by atoms with van der Waals surface area (Å²) < 4.78 is 5.28. The molecule has 1 aromatic carbocycles. The number of carbonyl (C=O) groups excluding carboxylic acids is 1. The normalized spacial score (nSPS) is 18.5. The minimum atomic E-state index is -0.249. The van der Waals surface area contributed by atoms with Crippen LogP contribution in [0.3, 0.4) is 0 Å². The summed E-state index contributed by atoms with van der Waals surface area (Å²) in [6.07, 6.45) is 0. The van der Waals surface area contributed by atoms with E-state index in [1.807, 2.05) is 24.3 Å². The zero-order valence-corrected chi connectivity index (χ0v) is 12.5. The van der Waals surface area contributed by atoms with Crippen LogP contribution in [0, 0.1) is 0 Å². The first-order valence-electron chi connectivity index (χ1n) is 6.14. The van der Waals surface area contributed by atoms with Crippen LogP contribution in [0.4, 0.5) is 5.69 Å². The smallest absolute Gasteiger partial charge is 0.243 e. The Morgan fingerprint density at radius 3 is 3.11 bits per heavy atom. The lowest BCUT2D eigenvalue weighted by molar-refractivity contribution is -0.120. The van der Waals surface area contributed by atoms with E-state index in [-0.39, 0.29) is 24.4 Å². The molecule has 0 saturated carbocycles. The van der Waals surface area contributed by atoms with E-state index >= 15 is 0 Å². The Morgan fingerprint density at radius 1 is 1.58 bits per heavy atom. The number of ether oxygens (including phenoxy) is 1. The summed E-state index contributed by atoms with van der Waals surface area (Å²) in [6, 6.07) is 7.66. The maximum atomic E-state index is 12.0. The van der Waals surface area contributed by atoms with Crippen LogP contribution in [-0.4, -0.2) is 37.5 Å². The number of thioether (sulfide) groups is 1. The monoisotopic (exact) mass is 302 g/mol. The molecule has 1 aliphatic rings. The summed E-state index contributed by atoms with van der Waals surface area (Å²) in [5.74, 6) is 0.989. The quantitative estimate of drug-likeness (QED) is 0.837. The van der Waals surface area contributed by atoms with Gasteiger partial charge in [0.25, 0.3) is 0 Å². The maximum absolute atomic E-state index is 12.0. The van der Waals surface area contributed by atoms with Crippen LogP contribution < -0.4 is 10.6 Å². The second kappa shape index (κ2) is 8.43. The fourth-order valence-electron chi connectivity index (χ4n) is 1.79. The zero-order valence-electron chi connectivity index (χ0n) is 10.8. The first-order chi connectivity index (χ1) is 8.79. The maximum Gasteiger partial charge on any atom is 0.243 e. The van der Waals surface area contributed by atoms with Gasteiger partial charge in [0, 0.05) is 17.1 Å². The number of amides is 1. The standard InChI is InChI=1S/C13H18N2O2S.ClH/c1-2-18-11-5-3-4-10(8-11)15-13(16)12-9-17-7-6-14-12;/h3-5,8,12,14H,2,6-7,9H2,1H3,(H,15,16);1H. The molecule has 1 fully saturated rings. The molecule has 1 aliphatic heterocycles. The zero-order chi connectivity index (χ0) is 12.8. The molecule has 1 atom stereocenters. The van der Waals surface area contributed by atoms with Crippen molar-refractivity contribution >= 4 is 35.8 Å². The Kier molecular flexibility index (Phi) is 7.23. The first-order valence-corrected chi connectivity index (χ1v) is 7.13. The van der Waals surface area contributed by atoms with Crippen LogP contribution in [0.5, 0.6) is 0 Å². The van der Waals surface area contributed by atoms with Crippen molar-refractivity contribution in [3.05, 3.63) is 24.3 Å². The lowest BCUT2D eigenvalue weighted by atomic mass is 10.2. The van der Waals surface area contributed by atoms with Gasteiger partial charge in [0.2, 0.25) is 5.91 Å². The summed E-state index contributed by atoms with van der Waals surface area (Å²) in [5, 5.41) is 6.05. The van der Waals surface area contributed by atoms with Gasteiger partial charge < -0.3 is 15.4 Å². The molecular formula is C13H19ClN2O2S. The Morgan fingerprint density at radius 2 is 2.42 bits per heavy atom. The van der Waals surface area contributed by atoms with Crippen molar-refractivity contribution in [2.24, 2.45) is 0 Å². The molecule has 2 N–H and O–H groups in total. The average molecular weight is 303 g/mol. The number of rotatable bonds is 4. The molecule has 6 heteroatoms. The van der Waals surface area contributed by atoms with Crippen LogP contribution in [0.2, 0.25) is 0 Å². The van der Waals surface area contributed by atoms with Gasteiger partial charge in [-0.15, -0.1) is 24.2 Å². The largest absolute Gasteiger partial charge is 0.378 e. The number of halogens is 1. The van der Waals surface area contributed by atoms with Crippen LogP contribution in [0.25, 0.3) is 0 Å². The number of benzene rings is 1. The third-order valence-corrected chi connectivity index (χ3v) is 3.53. The Labute approximate surface area is 124 Å². The van der Waals surface area contributed by atoms with Gasteiger partial charge >= 0.3 is 0 Å². The van der Waals surface area contributed by atoms with Gasteiger partial charge in [-0.25, -0.2) is 0 Å². The van der Waals surface area contributed by atoms with Crippen molar-refractivity contribution in [2.75, 3.05) is 30.8 Å². The van der Waals surface area contributed by atoms with E-state index in [0.29, 0.717) is 13.2 Å². The lowest BCUT2D eigenvalue weighted by Gasteiger charge is -2.22. The minimum Gasteiger partial charge on any atom is -0.378 e. The fraction of sp³-hybridized carbons (Fsp3) is 0.462. The molecular weight excluding hydrogens is 284 g/mol. The van der Waals surface area contributed by atoms with Crippen molar-refractivity contribution in [3.8, 4) is 0 Å². The molecule has 1 saturated heterocycles. The molecule has 0 aromatic heterocycles. The van der Waals surface area contributed by atoms with E-state index in [1.54, 1.807) is 11.8 Å². The van der Waals surface area contributed by atoms with Crippen molar-refractivity contribution in [1.29, 1.82) is 0 Å². The molecule has 0 spiro atoms. The molecule has 1 unspecified atom stereocenters. The third-order valence-electron chi connectivity index (χ3n) is 2.65. The van der Waals surface area contributed by atoms with Crippen molar-refractivity contribution < 1.29 is 9.53 Å². The van der Waals surface area contributed by atoms with Crippen LogP contribution in [-0.2, 0) is 9.53 Å².